The Kier molecular flexibility index (Phi) is 56.1. The molecule has 0 bridgehead atoms. The Morgan fingerprint density at radius 2 is 0.333 bits per heavy atom. The SMILES string of the molecule is CCCCCCCCCCCCC(C)(CC(C)C)OC(C)(CCCCCCCCCCCC)CC(C)C.CCCCCCCCCCCCC(C)(CC(C)C)OC(C)(CCCCCCCCCCCC)CC(C)C.O. The number of unbranched alkanes of at least 4 members (excludes halogenated alkanes) is 36. The zero-order chi connectivity index (χ0) is 55.7. The molecule has 0 rings (SSSR count). The topological polar surface area (TPSA) is 50.0 Å². The summed E-state index contributed by atoms with van der Waals surface area (Å²) in [4.78, 5) is 0. The first-order valence-corrected chi connectivity index (χ1v) is 34.7. The van der Waals surface area contributed by atoms with E-state index in [1.165, 1.54) is 308 Å². The number of rotatable bonds is 56. The van der Waals surface area contributed by atoms with Gasteiger partial charge in [0.1, 0.15) is 0 Å². The van der Waals surface area contributed by atoms with E-state index in [1.54, 1.807) is 0 Å². The number of hydrogen-bond donors (Lipinski definition) is 0. The number of ether oxygens (including phenoxy) is 2. The van der Waals surface area contributed by atoms with Crippen LogP contribution in [0.2, 0.25) is 0 Å². The first kappa shape index (κ1) is 79.1. The van der Waals surface area contributed by atoms with Gasteiger partial charge < -0.3 is 14.9 Å². The van der Waals surface area contributed by atoms with Crippen molar-refractivity contribution in [1.82, 2.24) is 0 Å². The summed E-state index contributed by atoms with van der Waals surface area (Å²) < 4.78 is 14.4. The van der Waals surface area contributed by atoms with E-state index in [-0.39, 0.29) is 27.9 Å². The Hall–Kier alpha value is -0.120. The van der Waals surface area contributed by atoms with E-state index in [0.29, 0.717) is 23.7 Å². The van der Waals surface area contributed by atoms with Crippen LogP contribution < -0.4 is 0 Å². The van der Waals surface area contributed by atoms with E-state index in [0.717, 1.165) is 0 Å². The average Bonchev–Trinajstić information content (AvgIpc) is 3.30. The van der Waals surface area contributed by atoms with Gasteiger partial charge in [-0.1, -0.05) is 340 Å². The maximum atomic E-state index is 7.21. The van der Waals surface area contributed by atoms with Crippen LogP contribution in [0.5, 0.6) is 0 Å². The fraction of sp³-hybridized carbons (Fsp3) is 1.00. The third-order valence-corrected chi connectivity index (χ3v) is 16.6. The molecule has 0 saturated heterocycles. The first-order valence-electron chi connectivity index (χ1n) is 34.7. The van der Waals surface area contributed by atoms with Gasteiger partial charge in [-0.05, 0) is 103 Å². The van der Waals surface area contributed by atoms with Gasteiger partial charge in [0.15, 0.2) is 0 Å². The molecule has 3 heteroatoms. The minimum absolute atomic E-state index is 0. The molecule has 0 aliphatic heterocycles. The van der Waals surface area contributed by atoms with Crippen molar-refractivity contribution in [2.24, 2.45) is 23.7 Å². The van der Waals surface area contributed by atoms with Crippen molar-refractivity contribution in [3.8, 4) is 0 Å². The molecule has 75 heavy (non-hydrogen) atoms. The van der Waals surface area contributed by atoms with Crippen molar-refractivity contribution in [1.29, 1.82) is 0 Å². The van der Waals surface area contributed by atoms with Crippen LogP contribution >= 0.6 is 0 Å². The van der Waals surface area contributed by atoms with Gasteiger partial charge >= 0.3 is 0 Å². The van der Waals surface area contributed by atoms with E-state index in [2.05, 4.69) is 111 Å². The van der Waals surface area contributed by atoms with E-state index in [1.807, 2.05) is 0 Å². The van der Waals surface area contributed by atoms with E-state index >= 15 is 0 Å². The highest BCUT2D eigenvalue weighted by Crippen LogP contribution is 2.39. The van der Waals surface area contributed by atoms with Crippen molar-refractivity contribution in [2.75, 3.05) is 0 Å². The van der Waals surface area contributed by atoms with Gasteiger partial charge in [0.2, 0.25) is 0 Å². The predicted octanol–water partition coefficient (Wildman–Crippen LogP) is 25.6. The van der Waals surface area contributed by atoms with Gasteiger partial charge in [-0.25, -0.2) is 0 Å². The van der Waals surface area contributed by atoms with Crippen LogP contribution in [-0.4, -0.2) is 27.9 Å². The Balaban J connectivity index is -0.00000136. The molecule has 0 saturated carbocycles. The van der Waals surface area contributed by atoms with Crippen molar-refractivity contribution in [2.45, 2.75) is 441 Å². The Morgan fingerprint density at radius 1 is 0.213 bits per heavy atom. The second-order valence-corrected chi connectivity index (χ2v) is 28.1. The summed E-state index contributed by atoms with van der Waals surface area (Å²) in [5, 5.41) is 0. The summed E-state index contributed by atoms with van der Waals surface area (Å²) in [6.07, 6.45) is 66.0. The van der Waals surface area contributed by atoms with Crippen LogP contribution in [0.15, 0.2) is 0 Å². The zero-order valence-corrected chi connectivity index (χ0v) is 55.6. The lowest BCUT2D eigenvalue weighted by Gasteiger charge is -2.43. The van der Waals surface area contributed by atoms with Gasteiger partial charge in [0.25, 0.3) is 0 Å². The predicted molar refractivity (Wildman–Crippen MR) is 343 cm³/mol. The normalized spacial score (nSPS) is 15.2. The average molecular weight is 1060 g/mol. The third-order valence-electron chi connectivity index (χ3n) is 16.6. The molecular formula is C72H150O3. The minimum Gasteiger partial charge on any atom is -0.412 e. The maximum absolute atomic E-state index is 7.21. The molecule has 0 aromatic carbocycles. The first-order chi connectivity index (χ1) is 35.3. The van der Waals surface area contributed by atoms with E-state index in [4.69, 9.17) is 9.47 Å². The highest BCUT2D eigenvalue weighted by Gasteiger charge is 2.38. The van der Waals surface area contributed by atoms with Crippen molar-refractivity contribution < 1.29 is 14.9 Å². The van der Waals surface area contributed by atoms with Gasteiger partial charge in [0.05, 0.1) is 22.4 Å². The van der Waals surface area contributed by atoms with Crippen molar-refractivity contribution in [3.05, 3.63) is 0 Å². The van der Waals surface area contributed by atoms with Crippen LogP contribution in [0, 0.1) is 23.7 Å². The fourth-order valence-corrected chi connectivity index (χ4v) is 13.4. The molecule has 4 atom stereocenters. The second kappa shape index (κ2) is 53.2. The summed E-state index contributed by atoms with van der Waals surface area (Å²) in [7, 11) is 0. The molecule has 456 valence electrons. The van der Waals surface area contributed by atoms with Gasteiger partial charge in [-0.2, -0.15) is 0 Å². The maximum Gasteiger partial charge on any atom is 0.0664 e. The monoisotopic (exact) mass is 1060 g/mol. The van der Waals surface area contributed by atoms with Crippen molar-refractivity contribution in [3.63, 3.8) is 0 Å². The van der Waals surface area contributed by atoms with E-state index < -0.39 is 0 Å². The summed E-state index contributed by atoms with van der Waals surface area (Å²) >= 11 is 0. The smallest absolute Gasteiger partial charge is 0.0664 e. The lowest BCUT2D eigenvalue weighted by Crippen LogP contribution is -2.43. The molecule has 0 aliphatic rings. The highest BCUT2D eigenvalue weighted by atomic mass is 16.5. The largest absolute Gasteiger partial charge is 0.412 e. The molecule has 0 spiro atoms. The lowest BCUT2D eigenvalue weighted by atomic mass is 9.84. The van der Waals surface area contributed by atoms with Gasteiger partial charge in [-0.3, -0.25) is 0 Å². The van der Waals surface area contributed by atoms with Gasteiger partial charge in [0, 0.05) is 0 Å². The van der Waals surface area contributed by atoms with Gasteiger partial charge in [-0.15, -0.1) is 0 Å². The summed E-state index contributed by atoms with van der Waals surface area (Å²) in [6, 6.07) is 0. The van der Waals surface area contributed by atoms with Crippen LogP contribution in [0.1, 0.15) is 419 Å². The molecule has 0 amide bonds. The van der Waals surface area contributed by atoms with Crippen LogP contribution in [0.25, 0.3) is 0 Å². The quantitative estimate of drug-likeness (QED) is 0.0570. The van der Waals surface area contributed by atoms with Crippen LogP contribution in [0.3, 0.4) is 0 Å². The standard InChI is InChI=1S/2C36H74O.H2O/c2*1-9-11-13-15-17-19-21-23-25-27-29-35(7,31-33(3)4)37-36(8,32-34(5)6)30-28-26-24-22-20-18-16-14-12-10-2;/h2*33-34H,9-32H2,1-8H3;1H2. The second-order valence-electron chi connectivity index (χ2n) is 28.1. The Bertz CT molecular complexity index is 945. The van der Waals surface area contributed by atoms with E-state index in [9.17, 15) is 0 Å². The van der Waals surface area contributed by atoms with Crippen LogP contribution in [-0.2, 0) is 9.47 Å². The molecule has 0 heterocycles. The summed E-state index contributed by atoms with van der Waals surface area (Å²) in [5.74, 6) is 2.75. The lowest BCUT2D eigenvalue weighted by molar-refractivity contribution is -0.164. The molecule has 0 aromatic rings. The number of hydrogen-bond acceptors (Lipinski definition) is 2. The Morgan fingerprint density at radius 3 is 0.453 bits per heavy atom. The molecular weight excluding hydrogens is 913 g/mol. The molecule has 4 unspecified atom stereocenters. The fourth-order valence-electron chi connectivity index (χ4n) is 13.4. The molecule has 3 nitrogen and oxygen atoms in total. The zero-order valence-electron chi connectivity index (χ0n) is 55.6. The van der Waals surface area contributed by atoms with Crippen LogP contribution in [0.4, 0.5) is 0 Å². The molecule has 0 aliphatic carbocycles. The third kappa shape index (κ3) is 54.3. The minimum atomic E-state index is 0. The highest BCUT2D eigenvalue weighted by molar-refractivity contribution is 4.87. The molecule has 2 N–H and O–H groups in total. The molecule has 0 fully saturated rings. The molecule has 0 radical (unpaired) electrons. The van der Waals surface area contributed by atoms with Crippen molar-refractivity contribution >= 4 is 0 Å². The summed E-state index contributed by atoms with van der Waals surface area (Å²) in [5.41, 5.74) is 0.0970. The summed E-state index contributed by atoms with van der Waals surface area (Å²) in [6.45, 7) is 38.0. The Labute approximate surface area is 477 Å². The molecule has 0 aromatic heterocycles.